The van der Waals surface area contributed by atoms with Crippen LogP contribution >= 0.6 is 0 Å². The Hall–Kier alpha value is -3.28. The quantitative estimate of drug-likeness (QED) is 0.731. The molecular weight excluding hydrogens is 350 g/mol. The summed E-state index contributed by atoms with van der Waals surface area (Å²) in [6.45, 7) is 5.62. The van der Waals surface area contributed by atoms with Crippen LogP contribution in [0.5, 0.6) is 5.75 Å². The molecule has 1 aromatic heterocycles. The summed E-state index contributed by atoms with van der Waals surface area (Å²) in [5.74, 6) is 2.49. The lowest BCUT2D eigenvalue weighted by molar-refractivity contribution is 0.413. The zero-order chi connectivity index (χ0) is 19.3. The molecule has 1 aliphatic heterocycles. The van der Waals surface area contributed by atoms with Gasteiger partial charge >= 0.3 is 0 Å². The summed E-state index contributed by atoms with van der Waals surface area (Å²) in [5.41, 5.74) is 3.39. The third-order valence-electron chi connectivity index (χ3n) is 5.04. The molecule has 2 aromatic carbocycles. The van der Waals surface area contributed by atoms with Gasteiger partial charge < -0.3 is 19.9 Å². The number of rotatable bonds is 5. The molecule has 4 rings (SSSR count). The van der Waals surface area contributed by atoms with Crippen LogP contribution in [0.2, 0.25) is 0 Å². The van der Waals surface area contributed by atoms with Crippen LogP contribution in [-0.4, -0.2) is 43.3 Å². The minimum absolute atomic E-state index is 0.762. The molecule has 0 aliphatic carbocycles. The smallest absolute Gasteiger partial charge is 0.227 e. The van der Waals surface area contributed by atoms with Crippen molar-refractivity contribution in [1.29, 1.82) is 0 Å². The molecule has 0 unspecified atom stereocenters. The zero-order valence-corrected chi connectivity index (χ0v) is 16.3. The van der Waals surface area contributed by atoms with Gasteiger partial charge in [0.2, 0.25) is 5.95 Å². The van der Waals surface area contributed by atoms with Gasteiger partial charge in [0.1, 0.15) is 11.6 Å². The van der Waals surface area contributed by atoms with Crippen LogP contribution in [-0.2, 0) is 0 Å². The number of methoxy groups -OCH3 is 1. The maximum absolute atomic E-state index is 5.50. The second-order valence-electron chi connectivity index (χ2n) is 6.83. The number of hydrogen-bond donors (Lipinski definition) is 1. The summed E-state index contributed by atoms with van der Waals surface area (Å²) < 4.78 is 5.50. The molecule has 1 fully saturated rings. The fourth-order valence-electron chi connectivity index (χ4n) is 3.46. The van der Waals surface area contributed by atoms with Crippen molar-refractivity contribution in [2.45, 2.75) is 6.92 Å². The molecule has 1 aliphatic rings. The number of nitrogens with zero attached hydrogens (tertiary/aromatic N) is 4. The normalized spacial score (nSPS) is 14.1. The van der Waals surface area contributed by atoms with Crippen LogP contribution < -0.4 is 19.9 Å². The van der Waals surface area contributed by atoms with Crippen molar-refractivity contribution in [3.8, 4) is 5.75 Å². The summed E-state index contributed by atoms with van der Waals surface area (Å²) in [7, 11) is 1.72. The van der Waals surface area contributed by atoms with Crippen molar-refractivity contribution < 1.29 is 4.74 Å². The van der Waals surface area contributed by atoms with Crippen LogP contribution in [0, 0.1) is 6.92 Å². The van der Waals surface area contributed by atoms with Crippen molar-refractivity contribution in [3.05, 3.63) is 66.4 Å². The molecule has 0 bridgehead atoms. The maximum Gasteiger partial charge on any atom is 0.227 e. The van der Waals surface area contributed by atoms with E-state index in [0.29, 0.717) is 0 Å². The Morgan fingerprint density at radius 1 is 0.893 bits per heavy atom. The first-order chi connectivity index (χ1) is 13.7. The molecule has 1 saturated heterocycles. The van der Waals surface area contributed by atoms with Gasteiger partial charge in [0, 0.05) is 38.1 Å². The van der Waals surface area contributed by atoms with E-state index in [-0.39, 0.29) is 0 Å². The monoisotopic (exact) mass is 375 g/mol. The predicted molar refractivity (Wildman–Crippen MR) is 114 cm³/mol. The van der Waals surface area contributed by atoms with Crippen molar-refractivity contribution in [2.75, 3.05) is 48.4 Å². The van der Waals surface area contributed by atoms with E-state index in [0.717, 1.165) is 55.1 Å². The fourth-order valence-corrected chi connectivity index (χ4v) is 3.46. The van der Waals surface area contributed by atoms with E-state index in [4.69, 9.17) is 9.72 Å². The molecular formula is C22H25N5O. The van der Waals surface area contributed by atoms with Gasteiger partial charge in [-0.05, 0) is 36.8 Å². The Labute approximate surface area is 165 Å². The lowest BCUT2D eigenvalue weighted by atomic mass is 10.2. The molecule has 0 radical (unpaired) electrons. The van der Waals surface area contributed by atoms with Gasteiger partial charge in [-0.15, -0.1) is 0 Å². The lowest BCUT2D eigenvalue weighted by Gasteiger charge is -2.36. The van der Waals surface area contributed by atoms with Crippen molar-refractivity contribution in [3.63, 3.8) is 0 Å². The molecule has 1 N–H and O–H groups in total. The highest BCUT2D eigenvalue weighted by Gasteiger charge is 2.21. The Kier molecular flexibility index (Phi) is 5.28. The van der Waals surface area contributed by atoms with E-state index >= 15 is 0 Å². The Balaban J connectivity index is 1.44. The number of anilines is 4. The van der Waals surface area contributed by atoms with Crippen LogP contribution in [0.25, 0.3) is 0 Å². The predicted octanol–water partition coefficient (Wildman–Crippen LogP) is 3.86. The number of ether oxygens (including phenoxy) is 1. The van der Waals surface area contributed by atoms with Crippen molar-refractivity contribution >= 4 is 23.1 Å². The molecule has 144 valence electrons. The van der Waals surface area contributed by atoms with Gasteiger partial charge in [-0.25, -0.2) is 4.98 Å². The van der Waals surface area contributed by atoms with E-state index in [1.165, 1.54) is 5.56 Å². The molecule has 3 aromatic rings. The second kappa shape index (κ2) is 8.17. The summed E-state index contributed by atoms with van der Waals surface area (Å²) in [4.78, 5) is 13.8. The number of piperazine rings is 1. The summed E-state index contributed by atoms with van der Waals surface area (Å²) in [6.07, 6.45) is 1.82. The lowest BCUT2D eigenvalue weighted by Crippen LogP contribution is -2.47. The molecule has 0 spiro atoms. The van der Waals surface area contributed by atoms with E-state index in [1.807, 2.05) is 42.6 Å². The van der Waals surface area contributed by atoms with E-state index < -0.39 is 0 Å². The number of hydrogen-bond acceptors (Lipinski definition) is 6. The highest BCUT2D eigenvalue weighted by atomic mass is 16.5. The summed E-state index contributed by atoms with van der Waals surface area (Å²) in [6, 6.07) is 18.3. The van der Waals surface area contributed by atoms with E-state index in [1.54, 1.807) is 7.11 Å². The molecule has 2 heterocycles. The average Bonchev–Trinajstić information content (AvgIpc) is 2.76. The van der Waals surface area contributed by atoms with Gasteiger partial charge in [-0.2, -0.15) is 4.98 Å². The fraction of sp³-hybridized carbons (Fsp3) is 0.273. The van der Waals surface area contributed by atoms with E-state index in [2.05, 4.69) is 45.2 Å². The average molecular weight is 375 g/mol. The minimum Gasteiger partial charge on any atom is -0.495 e. The highest BCUT2D eigenvalue weighted by Crippen LogP contribution is 2.29. The summed E-state index contributed by atoms with van der Waals surface area (Å²) >= 11 is 0. The number of aryl methyl sites for hydroxylation is 1. The first kappa shape index (κ1) is 18.1. The Morgan fingerprint density at radius 3 is 2.39 bits per heavy atom. The largest absolute Gasteiger partial charge is 0.495 e. The van der Waals surface area contributed by atoms with Crippen molar-refractivity contribution in [2.24, 2.45) is 0 Å². The highest BCUT2D eigenvalue weighted by molar-refractivity contribution is 5.61. The SMILES string of the molecule is COc1ccccc1N1CCN(c2nccc(Nc3ccccc3C)n2)CC1. The van der Waals surface area contributed by atoms with Gasteiger partial charge in [0.25, 0.3) is 0 Å². The van der Waals surface area contributed by atoms with Crippen LogP contribution in [0.4, 0.5) is 23.1 Å². The second-order valence-corrected chi connectivity index (χ2v) is 6.83. The van der Waals surface area contributed by atoms with E-state index in [9.17, 15) is 0 Å². The zero-order valence-electron chi connectivity index (χ0n) is 16.3. The molecule has 0 saturated carbocycles. The van der Waals surface area contributed by atoms with Crippen LogP contribution in [0.1, 0.15) is 5.56 Å². The number of para-hydroxylation sites is 3. The topological polar surface area (TPSA) is 53.5 Å². The molecule has 6 heteroatoms. The van der Waals surface area contributed by atoms with Gasteiger partial charge in [-0.1, -0.05) is 30.3 Å². The third kappa shape index (κ3) is 3.86. The molecule has 28 heavy (non-hydrogen) atoms. The standard InChI is InChI=1S/C22H25N5O/c1-17-7-3-4-8-18(17)24-21-11-12-23-22(25-21)27-15-13-26(14-16-27)19-9-5-6-10-20(19)28-2/h3-12H,13-16H2,1-2H3,(H,23,24,25). The number of aromatic nitrogens is 2. The van der Waals surface area contributed by atoms with Gasteiger partial charge in [-0.3, -0.25) is 0 Å². The first-order valence-corrected chi connectivity index (χ1v) is 9.53. The maximum atomic E-state index is 5.50. The van der Waals surface area contributed by atoms with Gasteiger partial charge in [0.05, 0.1) is 12.8 Å². The Bertz CT molecular complexity index is 937. The number of benzene rings is 2. The minimum atomic E-state index is 0.762. The third-order valence-corrected chi connectivity index (χ3v) is 5.04. The summed E-state index contributed by atoms with van der Waals surface area (Å²) in [5, 5.41) is 3.40. The Morgan fingerprint density at radius 2 is 1.61 bits per heavy atom. The molecule has 6 nitrogen and oxygen atoms in total. The van der Waals surface area contributed by atoms with Gasteiger partial charge in [0.15, 0.2) is 0 Å². The molecule has 0 atom stereocenters. The number of nitrogens with one attached hydrogen (secondary N) is 1. The van der Waals surface area contributed by atoms with Crippen LogP contribution in [0.15, 0.2) is 60.8 Å². The molecule has 0 amide bonds. The van der Waals surface area contributed by atoms with Crippen molar-refractivity contribution in [1.82, 2.24) is 9.97 Å². The van der Waals surface area contributed by atoms with Crippen LogP contribution in [0.3, 0.4) is 0 Å². The first-order valence-electron chi connectivity index (χ1n) is 9.53.